The van der Waals surface area contributed by atoms with Crippen LogP contribution in [0.15, 0.2) is 36.7 Å². The van der Waals surface area contributed by atoms with Gasteiger partial charge < -0.3 is 5.73 Å². The number of halogens is 2. The fraction of sp³-hybridized carbons (Fsp3) is 0.111. The Balaban J connectivity index is 0.00000121. The van der Waals surface area contributed by atoms with Crippen LogP contribution in [0, 0.1) is 0 Å². The molecule has 1 aromatic rings. The average molecular weight is 188 g/mol. The van der Waals surface area contributed by atoms with Crippen LogP contribution in [0.1, 0.15) is 5.56 Å². The number of hydrogen-bond acceptors (Lipinski definition) is 1. The summed E-state index contributed by atoms with van der Waals surface area (Å²) in [7, 11) is 0. The van der Waals surface area contributed by atoms with Crippen molar-refractivity contribution in [2.24, 2.45) is 5.73 Å². The van der Waals surface area contributed by atoms with Gasteiger partial charge in [0.25, 0.3) is 0 Å². The summed E-state index contributed by atoms with van der Waals surface area (Å²) in [6.45, 7) is 0.237. The fourth-order valence-electron chi connectivity index (χ4n) is 0.878. The second kappa shape index (κ2) is 5.75. The van der Waals surface area contributed by atoms with E-state index in [1.165, 1.54) is 0 Å². The molecule has 12 heavy (non-hydrogen) atoms. The van der Waals surface area contributed by atoms with E-state index in [-0.39, 0.29) is 19.0 Å². The third-order valence-electron chi connectivity index (χ3n) is 1.50. The smallest absolute Gasteiger partial charge is 0.0917 e. The van der Waals surface area contributed by atoms with E-state index in [1.54, 1.807) is 0 Å². The third kappa shape index (κ3) is 2.64. The Morgan fingerprint density at radius 1 is 1.33 bits per heavy atom. The summed E-state index contributed by atoms with van der Waals surface area (Å²) in [4.78, 5) is 0. The molecule has 0 fully saturated rings. The molecule has 0 aliphatic heterocycles. The Hall–Kier alpha value is -0.860. The molecule has 0 heterocycles. The molecule has 0 saturated heterocycles. The lowest BCUT2D eigenvalue weighted by Gasteiger charge is -2.00. The monoisotopic (exact) mass is 187 g/mol. The fourth-order valence-corrected chi connectivity index (χ4v) is 0.878. The first-order valence-corrected chi connectivity index (χ1v) is 3.43. The first-order valence-electron chi connectivity index (χ1n) is 3.43. The van der Waals surface area contributed by atoms with Gasteiger partial charge in [0.1, 0.15) is 0 Å². The van der Waals surface area contributed by atoms with Gasteiger partial charge in [0, 0.05) is 12.1 Å². The minimum Gasteiger partial charge on any atom is -0.326 e. The lowest BCUT2D eigenvalue weighted by Crippen LogP contribution is -2.01. The quantitative estimate of drug-likeness (QED) is 0.756. The molecule has 66 valence electrons. The Kier molecular flexibility index (Phi) is 5.34. The third-order valence-corrected chi connectivity index (χ3v) is 1.50. The van der Waals surface area contributed by atoms with Crippen LogP contribution in [0.4, 0.5) is 4.39 Å². The molecule has 1 rings (SSSR count). The van der Waals surface area contributed by atoms with Gasteiger partial charge in [-0.3, -0.25) is 0 Å². The second-order valence-corrected chi connectivity index (χ2v) is 2.20. The van der Waals surface area contributed by atoms with Crippen molar-refractivity contribution in [1.29, 1.82) is 0 Å². The van der Waals surface area contributed by atoms with E-state index >= 15 is 0 Å². The van der Waals surface area contributed by atoms with E-state index in [1.807, 2.05) is 30.3 Å². The molecule has 0 amide bonds. The van der Waals surface area contributed by atoms with E-state index < -0.39 is 0 Å². The van der Waals surface area contributed by atoms with E-state index in [2.05, 4.69) is 0 Å². The van der Waals surface area contributed by atoms with Crippen LogP contribution in [0.3, 0.4) is 0 Å². The minimum atomic E-state index is 0. The zero-order valence-corrected chi connectivity index (χ0v) is 7.35. The average Bonchev–Trinajstić information content (AvgIpc) is 2.09. The minimum absolute atomic E-state index is 0. The molecule has 0 atom stereocenters. The zero-order valence-electron chi connectivity index (χ0n) is 6.53. The molecule has 0 aromatic heterocycles. The molecule has 0 saturated carbocycles. The molecular formula is C9H11ClFN. The number of rotatable bonds is 2. The first-order chi connectivity index (χ1) is 5.38. The highest BCUT2D eigenvalue weighted by Gasteiger charge is 1.96. The van der Waals surface area contributed by atoms with Gasteiger partial charge >= 0.3 is 0 Å². The van der Waals surface area contributed by atoms with Crippen LogP contribution in [0.5, 0.6) is 0 Å². The SMILES string of the molecule is Cl.NC/C(=C/F)c1ccccc1. The standard InChI is InChI=1S/C9H10FN.ClH/c10-6-9(7-11)8-4-2-1-3-5-8;/h1-6H,7,11H2;1H/b9-6-;. The van der Waals surface area contributed by atoms with Crippen molar-refractivity contribution in [3.05, 3.63) is 42.2 Å². The van der Waals surface area contributed by atoms with Gasteiger partial charge in [-0.05, 0) is 5.56 Å². The molecule has 0 unspecified atom stereocenters. The molecule has 0 aliphatic carbocycles. The molecule has 0 aliphatic rings. The van der Waals surface area contributed by atoms with E-state index in [4.69, 9.17) is 5.73 Å². The van der Waals surface area contributed by atoms with Crippen molar-refractivity contribution in [3.63, 3.8) is 0 Å². The summed E-state index contributed by atoms with van der Waals surface area (Å²) in [5, 5.41) is 0. The van der Waals surface area contributed by atoms with Crippen LogP contribution >= 0.6 is 12.4 Å². The van der Waals surface area contributed by atoms with Gasteiger partial charge in [-0.15, -0.1) is 12.4 Å². The summed E-state index contributed by atoms with van der Waals surface area (Å²) in [5.74, 6) is 0. The maximum atomic E-state index is 12.1. The summed E-state index contributed by atoms with van der Waals surface area (Å²) in [6.07, 6.45) is 0.551. The number of nitrogens with two attached hydrogens (primary N) is 1. The lowest BCUT2D eigenvalue weighted by atomic mass is 10.1. The maximum absolute atomic E-state index is 12.1. The Labute approximate surface area is 77.5 Å². The molecule has 3 heteroatoms. The van der Waals surface area contributed by atoms with Crippen molar-refractivity contribution in [1.82, 2.24) is 0 Å². The Morgan fingerprint density at radius 2 is 1.92 bits per heavy atom. The normalized spacial score (nSPS) is 10.7. The summed E-state index contributed by atoms with van der Waals surface area (Å²) in [5.41, 5.74) is 6.68. The van der Waals surface area contributed by atoms with Crippen LogP contribution in [-0.2, 0) is 0 Å². The highest BCUT2D eigenvalue weighted by atomic mass is 35.5. The number of benzene rings is 1. The Morgan fingerprint density at radius 3 is 2.33 bits per heavy atom. The van der Waals surface area contributed by atoms with Crippen LogP contribution in [0.2, 0.25) is 0 Å². The summed E-state index contributed by atoms with van der Waals surface area (Å²) in [6, 6.07) is 9.26. The number of hydrogen-bond donors (Lipinski definition) is 1. The summed E-state index contributed by atoms with van der Waals surface area (Å²) < 4.78 is 12.1. The zero-order chi connectivity index (χ0) is 8.10. The predicted octanol–water partition coefficient (Wildman–Crippen LogP) is 2.38. The topological polar surface area (TPSA) is 26.0 Å². The van der Waals surface area contributed by atoms with Gasteiger partial charge in [0.15, 0.2) is 0 Å². The van der Waals surface area contributed by atoms with Crippen molar-refractivity contribution in [3.8, 4) is 0 Å². The Bertz CT molecular complexity index is 246. The highest BCUT2D eigenvalue weighted by Crippen LogP contribution is 2.11. The predicted molar refractivity (Wildman–Crippen MR) is 51.8 cm³/mol. The van der Waals surface area contributed by atoms with Crippen LogP contribution < -0.4 is 5.73 Å². The second-order valence-electron chi connectivity index (χ2n) is 2.20. The first kappa shape index (κ1) is 11.1. The largest absolute Gasteiger partial charge is 0.326 e. The summed E-state index contributed by atoms with van der Waals surface area (Å²) >= 11 is 0. The van der Waals surface area contributed by atoms with E-state index in [9.17, 15) is 4.39 Å². The molecule has 0 spiro atoms. The van der Waals surface area contributed by atoms with Gasteiger partial charge in [0.05, 0.1) is 6.33 Å². The van der Waals surface area contributed by atoms with Crippen molar-refractivity contribution >= 4 is 18.0 Å². The van der Waals surface area contributed by atoms with Crippen molar-refractivity contribution in [2.75, 3.05) is 6.54 Å². The molecule has 0 bridgehead atoms. The lowest BCUT2D eigenvalue weighted by molar-refractivity contribution is 0.721. The molecule has 0 radical (unpaired) electrons. The molecule has 1 nitrogen and oxygen atoms in total. The van der Waals surface area contributed by atoms with Gasteiger partial charge in [0.2, 0.25) is 0 Å². The van der Waals surface area contributed by atoms with Crippen LogP contribution in [-0.4, -0.2) is 6.54 Å². The van der Waals surface area contributed by atoms with Crippen molar-refractivity contribution < 1.29 is 4.39 Å². The molecular weight excluding hydrogens is 177 g/mol. The van der Waals surface area contributed by atoms with Gasteiger partial charge in [-0.2, -0.15) is 0 Å². The maximum Gasteiger partial charge on any atom is 0.0917 e. The van der Waals surface area contributed by atoms with Gasteiger partial charge in [-0.1, -0.05) is 30.3 Å². The van der Waals surface area contributed by atoms with E-state index in [0.717, 1.165) is 5.56 Å². The van der Waals surface area contributed by atoms with Crippen molar-refractivity contribution in [2.45, 2.75) is 0 Å². The highest BCUT2D eigenvalue weighted by molar-refractivity contribution is 5.85. The van der Waals surface area contributed by atoms with E-state index in [0.29, 0.717) is 11.9 Å². The molecule has 1 aromatic carbocycles. The van der Waals surface area contributed by atoms with Crippen LogP contribution in [0.25, 0.3) is 5.57 Å². The molecule has 2 N–H and O–H groups in total. The van der Waals surface area contributed by atoms with Gasteiger partial charge in [-0.25, -0.2) is 4.39 Å².